The van der Waals surface area contributed by atoms with Crippen molar-refractivity contribution in [1.82, 2.24) is 4.98 Å². The summed E-state index contributed by atoms with van der Waals surface area (Å²) in [7, 11) is 1.64. The Morgan fingerprint density at radius 1 is 1.43 bits per heavy atom. The minimum Gasteiger partial charge on any atom is -0.489 e. The van der Waals surface area contributed by atoms with Gasteiger partial charge in [-0.15, -0.1) is 0 Å². The standard InChI is InChI=1S/C16H16FN3O3/c1-20-14-6-12(22-8-11-3-2-10(17)7-19-11)4-5-15(14)23-9-13(18)16(20)21/h2-7,13H,8-9,18H2,1H3/t13-/m0/s1. The van der Waals surface area contributed by atoms with Crippen molar-refractivity contribution in [1.29, 1.82) is 0 Å². The maximum atomic E-state index is 12.8. The fourth-order valence-corrected chi connectivity index (χ4v) is 2.24. The van der Waals surface area contributed by atoms with Crippen LogP contribution < -0.4 is 20.1 Å². The van der Waals surface area contributed by atoms with Crippen LogP contribution >= 0.6 is 0 Å². The zero-order valence-corrected chi connectivity index (χ0v) is 12.5. The highest BCUT2D eigenvalue weighted by Gasteiger charge is 2.26. The van der Waals surface area contributed by atoms with Crippen molar-refractivity contribution >= 4 is 11.6 Å². The van der Waals surface area contributed by atoms with Crippen molar-refractivity contribution in [2.75, 3.05) is 18.6 Å². The van der Waals surface area contributed by atoms with Crippen LogP contribution in [0.4, 0.5) is 10.1 Å². The van der Waals surface area contributed by atoms with Crippen molar-refractivity contribution < 1.29 is 18.7 Å². The summed E-state index contributed by atoms with van der Waals surface area (Å²) >= 11 is 0. The van der Waals surface area contributed by atoms with Crippen LogP contribution in [0.5, 0.6) is 11.5 Å². The molecule has 1 aliphatic rings. The number of carbonyl (C=O) groups excluding carboxylic acids is 1. The lowest BCUT2D eigenvalue weighted by Crippen LogP contribution is -2.43. The Morgan fingerprint density at radius 2 is 2.26 bits per heavy atom. The molecule has 120 valence electrons. The molecule has 1 atom stereocenters. The second-order valence-corrected chi connectivity index (χ2v) is 5.20. The second-order valence-electron chi connectivity index (χ2n) is 5.20. The van der Waals surface area contributed by atoms with Gasteiger partial charge in [0, 0.05) is 13.1 Å². The first-order chi connectivity index (χ1) is 11.0. The number of likely N-dealkylation sites (N-methyl/N-ethyl adjacent to an activating group) is 1. The number of hydrogen-bond acceptors (Lipinski definition) is 5. The Bertz CT molecular complexity index is 721. The molecule has 0 unspecified atom stereocenters. The summed E-state index contributed by atoms with van der Waals surface area (Å²) < 4.78 is 24.0. The normalized spacial score (nSPS) is 17.3. The zero-order valence-electron chi connectivity index (χ0n) is 12.5. The Morgan fingerprint density at radius 3 is 3.00 bits per heavy atom. The highest BCUT2D eigenvalue weighted by Crippen LogP contribution is 2.34. The molecule has 2 N–H and O–H groups in total. The average Bonchev–Trinajstić information content (AvgIpc) is 2.67. The quantitative estimate of drug-likeness (QED) is 0.928. The number of amides is 1. The molecule has 1 aromatic heterocycles. The molecule has 1 aliphatic heterocycles. The van der Waals surface area contributed by atoms with Crippen LogP contribution in [-0.2, 0) is 11.4 Å². The summed E-state index contributed by atoms with van der Waals surface area (Å²) in [5.41, 5.74) is 6.94. The molecule has 0 saturated carbocycles. The summed E-state index contributed by atoms with van der Waals surface area (Å²) in [5, 5.41) is 0. The molecule has 2 heterocycles. The van der Waals surface area contributed by atoms with Gasteiger partial charge in [0.1, 0.15) is 36.6 Å². The molecule has 0 spiro atoms. The molecule has 7 heteroatoms. The van der Waals surface area contributed by atoms with Gasteiger partial charge in [-0.25, -0.2) is 4.39 Å². The van der Waals surface area contributed by atoms with Crippen LogP contribution in [0.2, 0.25) is 0 Å². The topological polar surface area (TPSA) is 77.7 Å². The molecule has 6 nitrogen and oxygen atoms in total. The molecule has 0 radical (unpaired) electrons. The molecule has 1 aromatic carbocycles. The van der Waals surface area contributed by atoms with Crippen molar-refractivity contribution in [3.8, 4) is 11.5 Å². The molecule has 0 bridgehead atoms. The van der Waals surface area contributed by atoms with Gasteiger partial charge in [0.2, 0.25) is 5.91 Å². The van der Waals surface area contributed by atoms with Crippen LogP contribution in [0.15, 0.2) is 36.5 Å². The van der Waals surface area contributed by atoms with Crippen LogP contribution in [0.25, 0.3) is 0 Å². The summed E-state index contributed by atoms with van der Waals surface area (Å²) in [5.74, 6) is 0.503. The summed E-state index contributed by atoms with van der Waals surface area (Å²) in [6, 6.07) is 7.35. The summed E-state index contributed by atoms with van der Waals surface area (Å²) in [6.07, 6.45) is 1.14. The Balaban J connectivity index is 1.78. The third kappa shape index (κ3) is 3.24. The van der Waals surface area contributed by atoms with Gasteiger partial charge in [0.25, 0.3) is 0 Å². The maximum Gasteiger partial charge on any atom is 0.247 e. The highest BCUT2D eigenvalue weighted by atomic mass is 19.1. The fourth-order valence-electron chi connectivity index (χ4n) is 2.24. The first-order valence-corrected chi connectivity index (χ1v) is 7.08. The third-order valence-corrected chi connectivity index (χ3v) is 3.53. The molecule has 2 aromatic rings. The van der Waals surface area contributed by atoms with Gasteiger partial charge in [0.15, 0.2) is 0 Å². The van der Waals surface area contributed by atoms with Crippen molar-refractivity contribution in [2.45, 2.75) is 12.6 Å². The number of nitrogens with zero attached hydrogens (tertiary/aromatic N) is 2. The number of nitrogens with two attached hydrogens (primary N) is 1. The van der Waals surface area contributed by atoms with Gasteiger partial charge < -0.3 is 20.1 Å². The van der Waals surface area contributed by atoms with Crippen molar-refractivity contribution in [3.05, 3.63) is 48.0 Å². The van der Waals surface area contributed by atoms with Gasteiger partial charge in [-0.3, -0.25) is 9.78 Å². The van der Waals surface area contributed by atoms with E-state index in [0.717, 1.165) is 6.20 Å². The van der Waals surface area contributed by atoms with Gasteiger partial charge in [-0.1, -0.05) is 0 Å². The van der Waals surface area contributed by atoms with Gasteiger partial charge in [-0.05, 0) is 24.3 Å². The monoisotopic (exact) mass is 317 g/mol. The number of hydrogen-bond donors (Lipinski definition) is 1. The van der Waals surface area contributed by atoms with Crippen molar-refractivity contribution in [2.24, 2.45) is 5.73 Å². The van der Waals surface area contributed by atoms with Crippen molar-refractivity contribution in [3.63, 3.8) is 0 Å². The lowest BCUT2D eigenvalue weighted by Gasteiger charge is -2.18. The average molecular weight is 317 g/mol. The number of fused-ring (bicyclic) bond motifs is 1. The Labute approximate surface area is 132 Å². The second kappa shape index (κ2) is 6.21. The number of aromatic nitrogens is 1. The predicted molar refractivity (Wildman–Crippen MR) is 81.8 cm³/mol. The molecule has 3 rings (SSSR count). The summed E-state index contributed by atoms with van der Waals surface area (Å²) in [4.78, 5) is 17.4. The maximum absolute atomic E-state index is 12.8. The molecule has 23 heavy (non-hydrogen) atoms. The first-order valence-electron chi connectivity index (χ1n) is 7.08. The summed E-state index contributed by atoms with van der Waals surface area (Å²) in [6.45, 7) is 0.326. The number of pyridine rings is 1. The first kappa shape index (κ1) is 15.2. The van der Waals surface area contributed by atoms with E-state index in [0.29, 0.717) is 22.9 Å². The van der Waals surface area contributed by atoms with E-state index in [-0.39, 0.29) is 19.1 Å². The SMILES string of the molecule is CN1C(=O)[C@@H](N)COc2ccc(OCc3ccc(F)cn3)cc21. The largest absolute Gasteiger partial charge is 0.489 e. The third-order valence-electron chi connectivity index (χ3n) is 3.53. The van der Waals surface area contributed by atoms with Gasteiger partial charge >= 0.3 is 0 Å². The van der Waals surface area contributed by atoms with E-state index in [9.17, 15) is 9.18 Å². The van der Waals surface area contributed by atoms with E-state index in [1.165, 1.54) is 11.0 Å². The predicted octanol–water partition coefficient (Wildman–Crippen LogP) is 1.48. The van der Waals surface area contributed by atoms with Gasteiger partial charge in [0.05, 0.1) is 17.6 Å². The number of ether oxygens (including phenoxy) is 2. The van der Waals surface area contributed by atoms with E-state index < -0.39 is 11.9 Å². The number of anilines is 1. The fraction of sp³-hybridized carbons (Fsp3) is 0.250. The van der Waals surface area contributed by atoms with Crippen LogP contribution in [0.1, 0.15) is 5.69 Å². The molecular formula is C16H16FN3O3. The number of rotatable bonds is 3. The van der Waals surface area contributed by atoms with E-state index in [4.69, 9.17) is 15.2 Å². The highest BCUT2D eigenvalue weighted by molar-refractivity contribution is 5.98. The molecular weight excluding hydrogens is 301 g/mol. The zero-order chi connectivity index (χ0) is 16.4. The lowest BCUT2D eigenvalue weighted by molar-refractivity contribution is -0.119. The number of carbonyl (C=O) groups is 1. The minimum atomic E-state index is -0.694. The lowest BCUT2D eigenvalue weighted by atomic mass is 10.2. The number of halogens is 1. The Hall–Kier alpha value is -2.67. The van der Waals surface area contributed by atoms with Gasteiger partial charge in [-0.2, -0.15) is 0 Å². The molecule has 1 amide bonds. The Kier molecular flexibility index (Phi) is 4.12. The molecule has 0 fully saturated rings. The number of benzene rings is 1. The van der Waals surface area contributed by atoms with Crippen LogP contribution in [0, 0.1) is 5.82 Å². The van der Waals surface area contributed by atoms with E-state index >= 15 is 0 Å². The van der Waals surface area contributed by atoms with Crippen LogP contribution in [-0.4, -0.2) is 30.6 Å². The molecule has 0 saturated heterocycles. The van der Waals surface area contributed by atoms with Crippen LogP contribution in [0.3, 0.4) is 0 Å². The van der Waals surface area contributed by atoms with E-state index in [1.807, 2.05) is 0 Å². The molecule has 0 aliphatic carbocycles. The van der Waals surface area contributed by atoms with E-state index in [2.05, 4.69) is 4.98 Å². The minimum absolute atomic E-state index is 0.135. The smallest absolute Gasteiger partial charge is 0.247 e. The van der Waals surface area contributed by atoms with E-state index in [1.54, 1.807) is 31.3 Å².